The standard InChI is InChI=1S/C20H17ClO2/c1-11-7-13-10-15-14(18(13)17(8-11)23-3)9-12-5-4-6-16(22-2)19(12)20(15)21/h4-9H,10H2,1-3H3. The first-order valence-electron chi connectivity index (χ1n) is 7.60. The monoisotopic (exact) mass is 324 g/mol. The molecule has 0 heterocycles. The summed E-state index contributed by atoms with van der Waals surface area (Å²) >= 11 is 6.78. The molecule has 1 aliphatic rings. The lowest BCUT2D eigenvalue weighted by molar-refractivity contribution is 0.416. The van der Waals surface area contributed by atoms with Crippen LogP contribution < -0.4 is 9.47 Å². The van der Waals surface area contributed by atoms with Crippen molar-refractivity contribution in [1.29, 1.82) is 0 Å². The van der Waals surface area contributed by atoms with Crippen LogP contribution in [0.5, 0.6) is 11.5 Å². The molecule has 0 bridgehead atoms. The van der Waals surface area contributed by atoms with Crippen LogP contribution in [0, 0.1) is 6.92 Å². The van der Waals surface area contributed by atoms with Gasteiger partial charge in [0, 0.05) is 17.4 Å². The molecule has 0 spiro atoms. The fourth-order valence-electron chi connectivity index (χ4n) is 3.60. The summed E-state index contributed by atoms with van der Waals surface area (Å²) in [5.41, 5.74) is 5.96. The molecule has 0 aliphatic heterocycles. The molecule has 0 saturated heterocycles. The second kappa shape index (κ2) is 5.17. The molecule has 23 heavy (non-hydrogen) atoms. The Hall–Kier alpha value is -2.19. The van der Waals surface area contributed by atoms with E-state index < -0.39 is 0 Å². The lowest BCUT2D eigenvalue weighted by Gasteiger charge is -2.13. The number of rotatable bonds is 2. The van der Waals surface area contributed by atoms with Crippen LogP contribution >= 0.6 is 11.6 Å². The van der Waals surface area contributed by atoms with E-state index in [9.17, 15) is 0 Å². The van der Waals surface area contributed by atoms with Crippen molar-refractivity contribution >= 4 is 22.4 Å². The summed E-state index contributed by atoms with van der Waals surface area (Å²) < 4.78 is 11.1. The third-order valence-electron chi connectivity index (χ3n) is 4.57. The molecular weight excluding hydrogens is 308 g/mol. The van der Waals surface area contributed by atoms with Gasteiger partial charge in [-0.2, -0.15) is 0 Å². The summed E-state index contributed by atoms with van der Waals surface area (Å²) in [5.74, 6) is 1.73. The number of hydrogen-bond donors (Lipinski definition) is 0. The first-order valence-corrected chi connectivity index (χ1v) is 7.97. The molecule has 3 aromatic carbocycles. The third kappa shape index (κ3) is 2.02. The van der Waals surface area contributed by atoms with Crippen LogP contribution in [0.1, 0.15) is 16.7 Å². The van der Waals surface area contributed by atoms with E-state index in [1.54, 1.807) is 14.2 Å². The minimum Gasteiger partial charge on any atom is -0.496 e. The predicted molar refractivity (Wildman–Crippen MR) is 95.0 cm³/mol. The van der Waals surface area contributed by atoms with Crippen molar-refractivity contribution in [3.05, 3.63) is 58.1 Å². The minimum atomic E-state index is 0.783. The van der Waals surface area contributed by atoms with E-state index in [0.717, 1.165) is 39.3 Å². The van der Waals surface area contributed by atoms with E-state index >= 15 is 0 Å². The van der Waals surface area contributed by atoms with E-state index in [4.69, 9.17) is 21.1 Å². The Labute approximate surface area is 140 Å². The first kappa shape index (κ1) is 14.4. The van der Waals surface area contributed by atoms with E-state index in [0.29, 0.717) is 0 Å². The molecule has 2 nitrogen and oxygen atoms in total. The molecule has 0 radical (unpaired) electrons. The summed E-state index contributed by atoms with van der Waals surface area (Å²) in [4.78, 5) is 0. The zero-order chi connectivity index (χ0) is 16.1. The molecule has 3 aromatic rings. The molecule has 116 valence electrons. The molecule has 3 heteroatoms. The highest BCUT2D eigenvalue weighted by molar-refractivity contribution is 6.37. The summed E-state index contributed by atoms with van der Waals surface area (Å²) in [5, 5.41) is 2.85. The van der Waals surface area contributed by atoms with Gasteiger partial charge in [-0.25, -0.2) is 0 Å². The number of methoxy groups -OCH3 is 2. The molecule has 0 saturated carbocycles. The minimum absolute atomic E-state index is 0.783. The van der Waals surface area contributed by atoms with Gasteiger partial charge in [-0.05, 0) is 52.8 Å². The van der Waals surface area contributed by atoms with Crippen LogP contribution in [-0.2, 0) is 6.42 Å². The maximum absolute atomic E-state index is 6.78. The lowest BCUT2D eigenvalue weighted by atomic mass is 9.99. The third-order valence-corrected chi connectivity index (χ3v) is 4.99. The molecule has 0 atom stereocenters. The number of aryl methyl sites for hydroxylation is 1. The van der Waals surface area contributed by atoms with E-state index in [2.05, 4.69) is 31.2 Å². The fraction of sp³-hybridized carbons (Fsp3) is 0.200. The molecule has 1 aliphatic carbocycles. The van der Waals surface area contributed by atoms with Gasteiger partial charge in [0.2, 0.25) is 0 Å². The second-order valence-electron chi connectivity index (χ2n) is 5.95. The summed E-state index contributed by atoms with van der Waals surface area (Å²) in [6, 6.07) is 12.5. The van der Waals surface area contributed by atoms with Crippen molar-refractivity contribution in [2.24, 2.45) is 0 Å². The van der Waals surface area contributed by atoms with Crippen molar-refractivity contribution in [3.63, 3.8) is 0 Å². The number of halogens is 1. The SMILES string of the molecule is COc1cc(C)cc2c1-c1cc3cccc(OC)c3c(Cl)c1C2. The highest BCUT2D eigenvalue weighted by Crippen LogP contribution is 2.49. The topological polar surface area (TPSA) is 18.5 Å². The maximum atomic E-state index is 6.78. The van der Waals surface area contributed by atoms with Crippen LogP contribution in [-0.4, -0.2) is 14.2 Å². The molecule has 0 aromatic heterocycles. The summed E-state index contributed by atoms with van der Waals surface area (Å²) in [7, 11) is 3.40. The number of benzene rings is 3. The Kier molecular flexibility index (Phi) is 3.24. The van der Waals surface area contributed by atoms with Crippen LogP contribution in [0.3, 0.4) is 0 Å². The highest BCUT2D eigenvalue weighted by Gasteiger charge is 2.26. The number of fused-ring (bicyclic) bond motifs is 4. The van der Waals surface area contributed by atoms with Crippen LogP contribution in [0.2, 0.25) is 5.02 Å². The summed E-state index contributed by atoms with van der Waals surface area (Å²) in [6.07, 6.45) is 0.829. The van der Waals surface area contributed by atoms with E-state index in [1.807, 2.05) is 12.1 Å². The van der Waals surface area contributed by atoms with Gasteiger partial charge in [0.25, 0.3) is 0 Å². The highest BCUT2D eigenvalue weighted by atomic mass is 35.5. The Morgan fingerprint density at radius 3 is 2.52 bits per heavy atom. The lowest BCUT2D eigenvalue weighted by Crippen LogP contribution is -1.91. The average molecular weight is 325 g/mol. The average Bonchev–Trinajstić information content (AvgIpc) is 2.92. The Morgan fingerprint density at radius 1 is 1.00 bits per heavy atom. The van der Waals surface area contributed by atoms with Gasteiger partial charge >= 0.3 is 0 Å². The fourth-order valence-corrected chi connectivity index (χ4v) is 3.97. The van der Waals surface area contributed by atoms with E-state index in [-0.39, 0.29) is 0 Å². The van der Waals surface area contributed by atoms with Gasteiger partial charge in [-0.3, -0.25) is 0 Å². The normalized spacial score (nSPS) is 12.2. The Balaban J connectivity index is 2.08. The molecule has 0 N–H and O–H groups in total. The Morgan fingerprint density at radius 2 is 1.78 bits per heavy atom. The predicted octanol–water partition coefficient (Wildman–Crippen LogP) is 5.39. The summed E-state index contributed by atoms with van der Waals surface area (Å²) in [6.45, 7) is 2.09. The second-order valence-corrected chi connectivity index (χ2v) is 6.33. The van der Waals surface area contributed by atoms with E-state index in [1.165, 1.54) is 22.3 Å². The van der Waals surface area contributed by atoms with Gasteiger partial charge in [-0.15, -0.1) is 0 Å². The van der Waals surface area contributed by atoms with Crippen molar-refractivity contribution in [2.75, 3.05) is 14.2 Å². The van der Waals surface area contributed by atoms with Gasteiger partial charge < -0.3 is 9.47 Å². The number of ether oxygens (including phenoxy) is 2. The van der Waals surface area contributed by atoms with Crippen LogP contribution in [0.4, 0.5) is 0 Å². The molecule has 4 rings (SSSR count). The molecule has 0 fully saturated rings. The zero-order valence-corrected chi connectivity index (χ0v) is 14.1. The van der Waals surface area contributed by atoms with Crippen LogP contribution in [0.15, 0.2) is 36.4 Å². The molecule has 0 unspecified atom stereocenters. The largest absolute Gasteiger partial charge is 0.496 e. The van der Waals surface area contributed by atoms with Crippen molar-refractivity contribution in [3.8, 4) is 22.6 Å². The van der Waals surface area contributed by atoms with Gasteiger partial charge in [-0.1, -0.05) is 29.8 Å². The van der Waals surface area contributed by atoms with Crippen LogP contribution in [0.25, 0.3) is 21.9 Å². The van der Waals surface area contributed by atoms with Crippen molar-refractivity contribution < 1.29 is 9.47 Å². The molecule has 0 amide bonds. The smallest absolute Gasteiger partial charge is 0.128 e. The Bertz CT molecular complexity index is 944. The zero-order valence-electron chi connectivity index (χ0n) is 13.4. The van der Waals surface area contributed by atoms with Gasteiger partial charge in [0.1, 0.15) is 11.5 Å². The van der Waals surface area contributed by atoms with Crippen molar-refractivity contribution in [1.82, 2.24) is 0 Å². The quantitative estimate of drug-likeness (QED) is 0.492. The van der Waals surface area contributed by atoms with Gasteiger partial charge in [0.15, 0.2) is 0 Å². The first-order chi connectivity index (χ1) is 11.1. The molecular formula is C20H17ClO2. The number of hydrogen-bond acceptors (Lipinski definition) is 2. The van der Waals surface area contributed by atoms with Crippen molar-refractivity contribution in [2.45, 2.75) is 13.3 Å². The maximum Gasteiger partial charge on any atom is 0.128 e. The van der Waals surface area contributed by atoms with Gasteiger partial charge in [0.05, 0.1) is 19.2 Å².